The number of aryl methyl sites for hydroxylation is 1. The van der Waals surface area contributed by atoms with E-state index >= 15 is 0 Å². The van der Waals surface area contributed by atoms with Crippen LogP contribution in [0.15, 0.2) is 66.7 Å². The molecule has 0 atom stereocenters. The molecular weight excluding hydrogens is 499 g/mol. The lowest BCUT2D eigenvalue weighted by molar-refractivity contribution is 0.185. The predicted octanol–water partition coefficient (Wildman–Crippen LogP) is 4.26. The summed E-state index contributed by atoms with van der Waals surface area (Å²) in [7, 11) is 1.70. The summed E-state index contributed by atoms with van der Waals surface area (Å²) in [4.78, 5) is 3.97. The average Bonchev–Trinajstić information content (AvgIpc) is 2.90. The van der Waals surface area contributed by atoms with E-state index in [-0.39, 0.29) is 10.9 Å². The maximum Gasteiger partial charge on any atom is 0.177 e. The minimum absolute atomic E-state index is 0.116. The summed E-state index contributed by atoms with van der Waals surface area (Å²) in [6.45, 7) is 5.34. The second-order valence-electron chi connectivity index (χ2n) is 8.33. The predicted molar refractivity (Wildman–Crippen MR) is 146 cm³/mol. The third-order valence-electron chi connectivity index (χ3n) is 5.59. The van der Waals surface area contributed by atoms with Crippen molar-refractivity contribution < 1.29 is 17.9 Å². The van der Waals surface area contributed by atoms with E-state index in [0.29, 0.717) is 56.1 Å². The average molecular weight is 534 g/mol. The Hall–Kier alpha value is -3.18. The zero-order chi connectivity index (χ0) is 27.2. The molecule has 0 saturated carbocycles. The number of nitrogens with two attached hydrogens (primary N) is 2. The lowest BCUT2D eigenvalue weighted by Crippen LogP contribution is -2.46. The van der Waals surface area contributed by atoms with Crippen molar-refractivity contribution in [2.45, 2.75) is 20.1 Å². The molecule has 0 spiro atoms. The van der Waals surface area contributed by atoms with Gasteiger partial charge >= 0.3 is 0 Å². The van der Waals surface area contributed by atoms with Crippen molar-refractivity contribution in [3.05, 3.63) is 101 Å². The van der Waals surface area contributed by atoms with Crippen molar-refractivity contribution >= 4 is 23.0 Å². The van der Waals surface area contributed by atoms with Gasteiger partial charge in [-0.2, -0.15) is 0 Å². The van der Waals surface area contributed by atoms with Crippen LogP contribution in [0.3, 0.4) is 0 Å². The normalized spacial score (nSPS) is 13.1. The number of thiocarbonyl (C=S) groups is 1. The van der Waals surface area contributed by atoms with Gasteiger partial charge in [0.25, 0.3) is 0 Å². The largest absolute Gasteiger partial charge is 0.380 e. The number of ether oxygens (including phenoxy) is 1. The monoisotopic (exact) mass is 533 g/mol. The smallest absolute Gasteiger partial charge is 0.177 e. The van der Waals surface area contributed by atoms with Crippen LogP contribution < -0.4 is 21.9 Å². The number of nitrogens with zero attached hydrogens (tertiary/aromatic N) is 2. The third-order valence-corrected chi connectivity index (χ3v) is 5.71. The maximum absolute atomic E-state index is 14.0. The van der Waals surface area contributed by atoms with Gasteiger partial charge in [-0.3, -0.25) is 4.90 Å². The Morgan fingerprint density at radius 2 is 1.51 bits per heavy atom. The highest BCUT2D eigenvalue weighted by Crippen LogP contribution is 2.24. The van der Waals surface area contributed by atoms with E-state index in [1.54, 1.807) is 26.2 Å². The molecule has 37 heavy (non-hydrogen) atoms. The topological polar surface area (TPSA) is 79.8 Å². The summed E-state index contributed by atoms with van der Waals surface area (Å²) < 4.78 is 46.3. The van der Waals surface area contributed by atoms with Crippen LogP contribution in [0, 0.1) is 24.4 Å². The number of hydrogen-bond acceptors (Lipinski definition) is 5. The van der Waals surface area contributed by atoms with Crippen molar-refractivity contribution in [3.8, 4) is 0 Å². The quantitative estimate of drug-likeness (QED) is 0.257. The number of nitrogens with one attached hydrogen (secondary N) is 1. The molecular formula is C27H34F3N5OS. The van der Waals surface area contributed by atoms with Gasteiger partial charge in [0, 0.05) is 51.5 Å². The Labute approximate surface area is 222 Å². The van der Waals surface area contributed by atoms with Crippen LogP contribution in [0.5, 0.6) is 0 Å². The highest BCUT2D eigenvalue weighted by Gasteiger charge is 2.21. The Morgan fingerprint density at radius 3 is 2.08 bits per heavy atom. The van der Waals surface area contributed by atoms with Crippen LogP contribution in [0.25, 0.3) is 0 Å². The number of hydrogen-bond donors (Lipinski definition) is 3. The van der Waals surface area contributed by atoms with Gasteiger partial charge < -0.3 is 20.8 Å². The highest BCUT2D eigenvalue weighted by molar-refractivity contribution is 7.80. The summed E-state index contributed by atoms with van der Waals surface area (Å²) >= 11 is 4.24. The molecule has 0 unspecified atom stereocenters. The van der Waals surface area contributed by atoms with Crippen molar-refractivity contribution in [1.82, 2.24) is 10.3 Å². The van der Waals surface area contributed by atoms with Gasteiger partial charge in [-0.25, -0.2) is 19.0 Å². The van der Waals surface area contributed by atoms with Gasteiger partial charge in [0.2, 0.25) is 0 Å². The molecule has 3 aromatic rings. The van der Waals surface area contributed by atoms with Crippen LogP contribution >= 0.6 is 12.2 Å². The van der Waals surface area contributed by atoms with Gasteiger partial charge in [0.15, 0.2) is 5.11 Å². The molecule has 0 aromatic heterocycles. The molecule has 1 aliphatic heterocycles. The third kappa shape index (κ3) is 10.4. The molecule has 3 aromatic carbocycles. The van der Waals surface area contributed by atoms with Crippen molar-refractivity contribution in [2.24, 2.45) is 11.6 Å². The number of anilines is 1. The van der Waals surface area contributed by atoms with Gasteiger partial charge in [0.1, 0.15) is 17.5 Å². The fourth-order valence-electron chi connectivity index (χ4n) is 3.63. The molecule has 1 saturated heterocycles. The van der Waals surface area contributed by atoms with E-state index in [9.17, 15) is 13.2 Å². The van der Waals surface area contributed by atoms with Crippen LogP contribution in [-0.4, -0.2) is 43.3 Å². The van der Waals surface area contributed by atoms with Crippen LogP contribution in [0.1, 0.15) is 16.7 Å². The minimum atomic E-state index is -0.397. The van der Waals surface area contributed by atoms with Crippen LogP contribution in [0.4, 0.5) is 18.9 Å². The fraction of sp³-hybridized carbons (Fsp3) is 0.296. The molecule has 0 radical (unpaired) electrons. The first-order chi connectivity index (χ1) is 17.7. The van der Waals surface area contributed by atoms with Gasteiger partial charge in [0.05, 0.1) is 12.3 Å². The van der Waals surface area contributed by atoms with Crippen molar-refractivity contribution in [2.75, 3.05) is 38.2 Å². The Morgan fingerprint density at radius 1 is 0.919 bits per heavy atom. The molecule has 4 rings (SSSR count). The molecule has 1 heterocycles. The van der Waals surface area contributed by atoms with Crippen molar-refractivity contribution in [1.29, 1.82) is 0 Å². The Bertz CT molecular complexity index is 1110. The maximum atomic E-state index is 14.0. The number of halogens is 3. The SMILES string of the molecule is COCc1ccccc1.Cc1cc(F)c(N2CCN(Cc3ccccc3F)CC2)cc1F.NNC(N)=S. The van der Waals surface area contributed by atoms with E-state index in [0.717, 1.165) is 0 Å². The molecule has 0 aliphatic carbocycles. The fourth-order valence-corrected chi connectivity index (χ4v) is 3.63. The first-order valence-electron chi connectivity index (χ1n) is 11.7. The zero-order valence-corrected chi connectivity index (χ0v) is 21.9. The second kappa shape index (κ2) is 15.8. The molecule has 0 amide bonds. The number of rotatable bonds is 5. The summed E-state index contributed by atoms with van der Waals surface area (Å²) in [5.41, 5.74) is 9.32. The first-order valence-corrected chi connectivity index (χ1v) is 12.1. The second-order valence-corrected chi connectivity index (χ2v) is 8.77. The Balaban J connectivity index is 0.000000283. The van der Waals surface area contributed by atoms with E-state index in [2.05, 4.69) is 23.0 Å². The van der Waals surface area contributed by atoms with Gasteiger partial charge in [-0.05, 0) is 42.4 Å². The number of methoxy groups -OCH3 is 1. The van der Waals surface area contributed by atoms with E-state index < -0.39 is 11.6 Å². The van der Waals surface area contributed by atoms with Crippen molar-refractivity contribution in [3.63, 3.8) is 0 Å². The van der Waals surface area contributed by atoms with Gasteiger partial charge in [-0.15, -0.1) is 0 Å². The summed E-state index contributed by atoms with van der Waals surface area (Å²) in [6, 6.07) is 19.3. The van der Waals surface area contributed by atoms with Gasteiger partial charge in [-0.1, -0.05) is 48.5 Å². The number of benzene rings is 3. The molecule has 10 heteroatoms. The Kier molecular flexibility index (Phi) is 12.9. The molecule has 1 aliphatic rings. The zero-order valence-electron chi connectivity index (χ0n) is 21.1. The minimum Gasteiger partial charge on any atom is -0.380 e. The summed E-state index contributed by atoms with van der Waals surface area (Å²) in [5, 5.41) is 0.116. The summed E-state index contributed by atoms with van der Waals surface area (Å²) in [5.74, 6) is 3.66. The standard InChI is InChI=1S/C18H19F3N2.C8H10O.CH5N3S/c1-13-10-17(21)18(11-16(13)20)23-8-6-22(7-9-23)12-14-4-2-3-5-15(14)19;1-9-7-8-5-3-2-4-6-8;2-1(5)4-3/h2-5,10-11H,6-9,12H2,1H3;2-6H,7H2,1H3;3H2,(H3,2,4,5). The van der Waals surface area contributed by atoms with Crippen LogP contribution in [-0.2, 0) is 17.9 Å². The molecule has 1 fully saturated rings. The lowest BCUT2D eigenvalue weighted by atomic mass is 10.1. The number of hydrazine groups is 1. The van der Waals surface area contributed by atoms with Crippen LogP contribution in [0.2, 0.25) is 0 Å². The number of piperazine rings is 1. The first kappa shape index (κ1) is 30.0. The molecule has 200 valence electrons. The van der Waals surface area contributed by atoms with E-state index in [1.165, 1.54) is 23.8 Å². The molecule has 5 N–H and O–H groups in total. The van der Waals surface area contributed by atoms with E-state index in [1.807, 2.05) is 46.7 Å². The lowest BCUT2D eigenvalue weighted by Gasteiger charge is -2.36. The molecule has 0 bridgehead atoms. The highest BCUT2D eigenvalue weighted by atomic mass is 32.1. The molecule has 6 nitrogen and oxygen atoms in total. The van der Waals surface area contributed by atoms with E-state index in [4.69, 9.17) is 10.5 Å². The summed E-state index contributed by atoms with van der Waals surface area (Å²) in [6.07, 6.45) is 0.